The Morgan fingerprint density at radius 3 is 1.67 bits per heavy atom. The fourth-order valence-electron chi connectivity index (χ4n) is 5.02. The number of rotatable bonds is 15. The first-order chi connectivity index (χ1) is 23.2. The Kier molecular flexibility index (Phi) is 13.1. The Morgan fingerprint density at radius 2 is 1.21 bits per heavy atom. The van der Waals surface area contributed by atoms with E-state index in [1.165, 1.54) is 11.8 Å². The number of hydrogen-bond donors (Lipinski definition) is 5. The fourth-order valence-corrected chi connectivity index (χ4v) is 6.58. The van der Waals surface area contributed by atoms with Gasteiger partial charge in [-0.15, -0.1) is 11.8 Å². The number of nitrogens with one attached hydrogen (secondary N) is 3. The second-order valence-electron chi connectivity index (χ2n) is 10.5. The number of methoxy groups -OCH3 is 1. The smallest absolute Gasteiger partial charge is 0.408 e. The van der Waals surface area contributed by atoms with Gasteiger partial charge in [0.05, 0.1) is 18.3 Å². The van der Waals surface area contributed by atoms with Gasteiger partial charge in [0.15, 0.2) is 0 Å². The van der Waals surface area contributed by atoms with Gasteiger partial charge in [-0.25, -0.2) is 15.0 Å². The number of ether oxygens (including phenoxy) is 2. The van der Waals surface area contributed by atoms with Gasteiger partial charge < -0.3 is 20.1 Å². The number of thioether (sulfide) groups is 1. The van der Waals surface area contributed by atoms with Crippen LogP contribution in [0.2, 0.25) is 0 Å². The van der Waals surface area contributed by atoms with E-state index in [1.807, 2.05) is 97.1 Å². The normalized spacial score (nSPS) is 12.3. The molecule has 0 fully saturated rings. The molecule has 2 unspecified atom stereocenters. The monoisotopic (exact) mass is 672 g/mol. The number of benzene rings is 4. The first-order valence-electron chi connectivity index (χ1n) is 14.9. The minimum atomic E-state index is -1.53. The highest BCUT2D eigenvalue weighted by Crippen LogP contribution is 2.48. The van der Waals surface area contributed by atoms with Crippen LogP contribution in [0.5, 0.6) is 0 Å². The van der Waals surface area contributed by atoms with E-state index in [9.17, 15) is 19.2 Å². The lowest BCUT2D eigenvalue weighted by Gasteiger charge is -2.36. The highest BCUT2D eigenvalue weighted by Gasteiger charge is 2.39. The quantitative estimate of drug-likeness (QED) is 0.0703. The molecular weight excluding hydrogens is 636 g/mol. The molecule has 0 bridgehead atoms. The van der Waals surface area contributed by atoms with E-state index >= 15 is 0 Å². The zero-order valence-electron chi connectivity index (χ0n) is 26.0. The van der Waals surface area contributed by atoms with Gasteiger partial charge in [0.1, 0.15) is 18.7 Å². The maximum absolute atomic E-state index is 13.9. The van der Waals surface area contributed by atoms with E-state index in [0.717, 1.165) is 29.4 Å². The van der Waals surface area contributed by atoms with E-state index in [-0.39, 0.29) is 12.4 Å². The summed E-state index contributed by atoms with van der Waals surface area (Å²) in [6.07, 6.45) is -1.58. The summed E-state index contributed by atoms with van der Waals surface area (Å²) >= 11 is 1.39. The lowest BCUT2D eigenvalue weighted by molar-refractivity contribution is -0.335. The summed E-state index contributed by atoms with van der Waals surface area (Å²) < 4.78 is 9.33. The molecule has 3 amide bonds. The van der Waals surface area contributed by atoms with Crippen LogP contribution >= 0.6 is 11.8 Å². The Morgan fingerprint density at radius 1 is 0.729 bits per heavy atom. The SMILES string of the molecule is COC(=O)C(CC(=O)NN(O)O)NC(=O)C(CSC(c1ccccc1)(c1ccccc1)c1ccccc1)NC(=O)OCc1ccccc1. The highest BCUT2D eigenvalue weighted by molar-refractivity contribution is 8.00. The zero-order valence-corrected chi connectivity index (χ0v) is 26.8. The molecule has 0 aromatic heterocycles. The molecule has 0 aliphatic carbocycles. The molecule has 0 aliphatic rings. The number of alkyl carbamates (subject to hydrolysis) is 1. The van der Waals surface area contributed by atoms with E-state index in [2.05, 4.69) is 10.6 Å². The molecule has 0 saturated heterocycles. The lowest BCUT2D eigenvalue weighted by Crippen LogP contribution is -2.54. The standard InChI is InChI=1S/C35H36N4O8S/c1-46-33(42)29(22-31(40)38-39(44)45)36-32(41)30(37-34(43)47-23-25-14-6-2-7-15-25)24-48-35(26-16-8-3-9-17-26,27-18-10-4-11-19-27)28-20-12-5-13-21-28/h2-21,29-30,44-45H,22-24H2,1H3,(H,36,41)(H,37,43)(H,38,40). The van der Waals surface area contributed by atoms with Crippen LogP contribution in [0.25, 0.3) is 0 Å². The maximum Gasteiger partial charge on any atom is 0.408 e. The van der Waals surface area contributed by atoms with Gasteiger partial charge in [0, 0.05) is 11.1 Å². The summed E-state index contributed by atoms with van der Waals surface area (Å²) in [5, 5.41) is 22.4. The van der Waals surface area contributed by atoms with Gasteiger partial charge in [-0.05, 0) is 22.3 Å². The molecule has 2 atom stereocenters. The van der Waals surface area contributed by atoms with Crippen LogP contribution in [0.1, 0.15) is 28.7 Å². The molecule has 0 aliphatic heterocycles. The summed E-state index contributed by atoms with van der Waals surface area (Å²) in [6, 6.07) is 35.4. The van der Waals surface area contributed by atoms with Gasteiger partial charge in [0.25, 0.3) is 0 Å². The number of nitrogens with zero attached hydrogens (tertiary/aromatic N) is 1. The Balaban J connectivity index is 1.68. The predicted molar refractivity (Wildman–Crippen MR) is 177 cm³/mol. The average molecular weight is 673 g/mol. The van der Waals surface area contributed by atoms with Crippen molar-refractivity contribution in [2.45, 2.75) is 29.9 Å². The first-order valence-corrected chi connectivity index (χ1v) is 15.8. The van der Waals surface area contributed by atoms with E-state index in [1.54, 1.807) is 29.7 Å². The Labute approximate surface area is 281 Å². The van der Waals surface area contributed by atoms with Gasteiger partial charge in [-0.3, -0.25) is 20.0 Å². The summed E-state index contributed by atoms with van der Waals surface area (Å²) in [5.74, 6) is -2.80. The lowest BCUT2D eigenvalue weighted by atomic mass is 9.84. The van der Waals surface area contributed by atoms with Crippen LogP contribution in [0.4, 0.5) is 4.79 Å². The average Bonchev–Trinajstić information content (AvgIpc) is 3.11. The second-order valence-corrected chi connectivity index (χ2v) is 11.7. The number of hydrogen-bond acceptors (Lipinski definition) is 10. The van der Waals surface area contributed by atoms with Crippen molar-refractivity contribution in [3.63, 3.8) is 0 Å². The minimum Gasteiger partial charge on any atom is -0.467 e. The third-order valence-corrected chi connectivity index (χ3v) is 8.89. The third kappa shape index (κ3) is 9.65. The predicted octanol–water partition coefficient (Wildman–Crippen LogP) is 4.17. The molecule has 0 spiro atoms. The van der Waals surface area contributed by atoms with Crippen LogP contribution in [0, 0.1) is 0 Å². The molecular formula is C35H36N4O8S. The van der Waals surface area contributed by atoms with Crippen LogP contribution < -0.4 is 16.1 Å². The van der Waals surface area contributed by atoms with Crippen molar-refractivity contribution in [1.29, 1.82) is 0 Å². The van der Waals surface area contributed by atoms with Crippen molar-refractivity contribution in [3.8, 4) is 0 Å². The number of amides is 3. The van der Waals surface area contributed by atoms with Crippen molar-refractivity contribution in [2.24, 2.45) is 0 Å². The van der Waals surface area contributed by atoms with Crippen LogP contribution in [-0.2, 0) is 35.2 Å². The summed E-state index contributed by atoms with van der Waals surface area (Å²) in [4.78, 5) is 51.8. The van der Waals surface area contributed by atoms with Crippen molar-refractivity contribution < 1.29 is 39.1 Å². The van der Waals surface area contributed by atoms with E-state index in [4.69, 9.17) is 19.9 Å². The molecule has 0 heterocycles. The highest BCUT2D eigenvalue weighted by atomic mass is 32.2. The second kappa shape index (κ2) is 17.6. The number of carbonyl (C=O) groups is 4. The molecule has 4 rings (SSSR count). The van der Waals surface area contributed by atoms with Crippen LogP contribution in [0.3, 0.4) is 0 Å². The van der Waals surface area contributed by atoms with Gasteiger partial charge >= 0.3 is 12.1 Å². The molecule has 0 saturated carbocycles. The molecule has 12 nitrogen and oxygen atoms in total. The number of hydrazine groups is 1. The Bertz CT molecular complexity index is 1530. The van der Waals surface area contributed by atoms with Crippen molar-refractivity contribution in [2.75, 3.05) is 12.9 Å². The summed E-state index contributed by atoms with van der Waals surface area (Å²) in [7, 11) is 1.07. The zero-order chi connectivity index (χ0) is 34.4. The minimum absolute atomic E-state index is 0.0217. The van der Waals surface area contributed by atoms with Crippen molar-refractivity contribution in [3.05, 3.63) is 144 Å². The molecule has 0 radical (unpaired) electrons. The fraction of sp³-hybridized carbons (Fsp3) is 0.200. The number of carbonyl (C=O) groups excluding carboxylic acids is 4. The molecule has 4 aromatic rings. The molecule has 4 aromatic carbocycles. The van der Waals surface area contributed by atoms with Crippen molar-refractivity contribution >= 4 is 35.6 Å². The molecule has 5 N–H and O–H groups in total. The Hall–Kier alpha value is -5.21. The first kappa shape index (κ1) is 35.6. The van der Waals surface area contributed by atoms with Gasteiger partial charge in [0.2, 0.25) is 11.8 Å². The van der Waals surface area contributed by atoms with Crippen molar-refractivity contribution in [1.82, 2.24) is 21.4 Å². The summed E-state index contributed by atoms with van der Waals surface area (Å²) in [6.45, 7) is -0.0556. The maximum atomic E-state index is 13.9. The molecule has 48 heavy (non-hydrogen) atoms. The van der Waals surface area contributed by atoms with Crippen LogP contribution in [0.15, 0.2) is 121 Å². The number of esters is 1. The topological polar surface area (TPSA) is 167 Å². The van der Waals surface area contributed by atoms with Crippen LogP contribution in [-0.4, -0.2) is 64.6 Å². The van der Waals surface area contributed by atoms with E-state index < -0.39 is 52.5 Å². The van der Waals surface area contributed by atoms with Gasteiger partial charge in [-0.2, -0.15) is 0 Å². The third-order valence-electron chi connectivity index (χ3n) is 7.25. The van der Waals surface area contributed by atoms with E-state index in [0.29, 0.717) is 0 Å². The van der Waals surface area contributed by atoms with Gasteiger partial charge in [-0.1, -0.05) is 121 Å². The molecule has 13 heteroatoms. The molecule has 250 valence electrons. The largest absolute Gasteiger partial charge is 0.467 e. The summed E-state index contributed by atoms with van der Waals surface area (Å²) in [5.41, 5.74) is 5.16.